The van der Waals surface area contributed by atoms with Crippen molar-refractivity contribution in [2.75, 3.05) is 26.2 Å². The standard InChI is InChI=1S/C21H26N4O/c26-21(19(24-13-1-2-14-24)17-5-9-22-10-6-17)20(25-15-3-4-16-25)18-7-11-23-12-8-18/h5-12,19-20H,1-4,13-16H2. The molecule has 0 bridgehead atoms. The summed E-state index contributed by atoms with van der Waals surface area (Å²) in [5.41, 5.74) is 2.12. The second kappa shape index (κ2) is 8.06. The van der Waals surface area contributed by atoms with Crippen LogP contribution in [0.2, 0.25) is 0 Å². The van der Waals surface area contributed by atoms with Gasteiger partial charge in [-0.15, -0.1) is 0 Å². The van der Waals surface area contributed by atoms with Crippen molar-refractivity contribution in [3.05, 3.63) is 60.2 Å². The molecule has 0 aromatic carbocycles. The van der Waals surface area contributed by atoms with Crippen molar-refractivity contribution in [2.24, 2.45) is 0 Å². The lowest BCUT2D eigenvalue weighted by Crippen LogP contribution is -2.40. The lowest BCUT2D eigenvalue weighted by Gasteiger charge is -2.34. The van der Waals surface area contributed by atoms with E-state index in [1.165, 1.54) is 25.7 Å². The molecule has 0 spiro atoms. The Labute approximate surface area is 155 Å². The Kier molecular flexibility index (Phi) is 5.37. The number of likely N-dealkylation sites (tertiary alicyclic amines) is 2. The molecule has 2 unspecified atom stereocenters. The van der Waals surface area contributed by atoms with E-state index >= 15 is 0 Å². The number of pyridine rings is 2. The molecule has 136 valence electrons. The van der Waals surface area contributed by atoms with Gasteiger partial charge in [-0.3, -0.25) is 24.6 Å². The van der Waals surface area contributed by atoms with Gasteiger partial charge in [-0.2, -0.15) is 0 Å². The van der Waals surface area contributed by atoms with Crippen LogP contribution in [0.5, 0.6) is 0 Å². The molecule has 4 heterocycles. The highest BCUT2D eigenvalue weighted by atomic mass is 16.1. The van der Waals surface area contributed by atoms with E-state index < -0.39 is 0 Å². The molecule has 2 aliphatic rings. The number of rotatable bonds is 6. The van der Waals surface area contributed by atoms with Gasteiger partial charge in [0.05, 0.1) is 12.1 Å². The largest absolute Gasteiger partial charge is 0.295 e. The van der Waals surface area contributed by atoms with Crippen molar-refractivity contribution in [1.82, 2.24) is 19.8 Å². The van der Waals surface area contributed by atoms with Crippen molar-refractivity contribution >= 4 is 5.78 Å². The van der Waals surface area contributed by atoms with Gasteiger partial charge >= 0.3 is 0 Å². The SMILES string of the molecule is O=C(C(c1ccncc1)N1CCCC1)C(c1ccncc1)N1CCCC1. The van der Waals surface area contributed by atoms with Crippen LogP contribution in [-0.2, 0) is 4.79 Å². The Bertz CT molecular complexity index is 648. The third kappa shape index (κ3) is 3.55. The predicted molar refractivity (Wildman–Crippen MR) is 101 cm³/mol. The number of Topliss-reactive ketones (excluding diaryl/α,β-unsaturated/α-hetero) is 1. The number of hydrogen-bond donors (Lipinski definition) is 0. The summed E-state index contributed by atoms with van der Waals surface area (Å²) < 4.78 is 0. The first-order valence-electron chi connectivity index (χ1n) is 9.66. The summed E-state index contributed by atoms with van der Waals surface area (Å²) in [6.07, 6.45) is 11.8. The summed E-state index contributed by atoms with van der Waals surface area (Å²) in [5.74, 6) is 0.284. The van der Waals surface area contributed by atoms with Gasteiger partial charge in [0, 0.05) is 24.8 Å². The van der Waals surface area contributed by atoms with Crippen LogP contribution in [0, 0.1) is 0 Å². The van der Waals surface area contributed by atoms with Gasteiger partial charge in [0.25, 0.3) is 0 Å². The number of aromatic nitrogens is 2. The van der Waals surface area contributed by atoms with Crippen molar-refractivity contribution in [2.45, 2.75) is 37.8 Å². The zero-order chi connectivity index (χ0) is 17.8. The van der Waals surface area contributed by atoms with E-state index in [0.29, 0.717) is 0 Å². The van der Waals surface area contributed by atoms with Gasteiger partial charge in [-0.25, -0.2) is 0 Å². The third-order valence-electron chi connectivity index (χ3n) is 5.59. The summed E-state index contributed by atoms with van der Waals surface area (Å²) in [4.78, 5) is 26.9. The lowest BCUT2D eigenvalue weighted by atomic mass is 9.92. The van der Waals surface area contributed by atoms with E-state index in [9.17, 15) is 4.79 Å². The first-order valence-corrected chi connectivity index (χ1v) is 9.66. The molecule has 2 saturated heterocycles. The smallest absolute Gasteiger partial charge is 0.176 e. The lowest BCUT2D eigenvalue weighted by molar-refractivity contribution is -0.129. The molecule has 0 saturated carbocycles. The fraction of sp³-hybridized carbons (Fsp3) is 0.476. The Hall–Kier alpha value is -2.11. The van der Waals surface area contributed by atoms with E-state index in [2.05, 4.69) is 19.8 Å². The molecule has 2 atom stereocenters. The summed E-state index contributed by atoms with van der Waals surface area (Å²) in [6, 6.07) is 7.59. The average Bonchev–Trinajstić information content (AvgIpc) is 3.39. The molecule has 0 aliphatic carbocycles. The van der Waals surface area contributed by atoms with Crippen LogP contribution in [0.25, 0.3) is 0 Å². The van der Waals surface area contributed by atoms with E-state index in [0.717, 1.165) is 37.3 Å². The van der Waals surface area contributed by atoms with Crippen LogP contribution in [0.3, 0.4) is 0 Å². The molecule has 5 heteroatoms. The van der Waals surface area contributed by atoms with Gasteiger partial charge < -0.3 is 0 Å². The summed E-state index contributed by atoms with van der Waals surface area (Å²) in [6.45, 7) is 3.95. The van der Waals surface area contributed by atoms with Gasteiger partial charge in [-0.05, 0) is 87.3 Å². The van der Waals surface area contributed by atoms with Gasteiger partial charge in [0.15, 0.2) is 5.78 Å². The normalized spacial score (nSPS) is 20.9. The molecule has 2 aliphatic heterocycles. The van der Waals surface area contributed by atoms with Crippen molar-refractivity contribution < 1.29 is 4.79 Å². The van der Waals surface area contributed by atoms with Crippen LogP contribution in [0.15, 0.2) is 49.1 Å². The van der Waals surface area contributed by atoms with Gasteiger partial charge in [-0.1, -0.05) is 0 Å². The number of ketones is 1. The number of nitrogens with zero attached hydrogens (tertiary/aromatic N) is 4. The second-order valence-corrected chi connectivity index (χ2v) is 7.25. The van der Waals surface area contributed by atoms with Crippen LogP contribution >= 0.6 is 0 Å². The molecule has 4 rings (SSSR count). The zero-order valence-electron chi connectivity index (χ0n) is 15.1. The highest BCUT2D eigenvalue weighted by Crippen LogP contribution is 2.34. The van der Waals surface area contributed by atoms with Gasteiger partial charge in [0.1, 0.15) is 0 Å². The van der Waals surface area contributed by atoms with Crippen molar-refractivity contribution in [3.8, 4) is 0 Å². The van der Waals surface area contributed by atoms with Gasteiger partial charge in [0.2, 0.25) is 0 Å². The number of carbonyl (C=O) groups is 1. The zero-order valence-corrected chi connectivity index (χ0v) is 15.1. The quantitative estimate of drug-likeness (QED) is 0.801. The van der Waals surface area contributed by atoms with Crippen molar-refractivity contribution in [3.63, 3.8) is 0 Å². The maximum atomic E-state index is 13.9. The number of carbonyl (C=O) groups excluding carboxylic acids is 1. The maximum absolute atomic E-state index is 13.9. The number of hydrogen-bond acceptors (Lipinski definition) is 5. The Morgan fingerprint density at radius 2 is 1.04 bits per heavy atom. The molecule has 0 radical (unpaired) electrons. The first-order chi connectivity index (χ1) is 12.8. The Morgan fingerprint density at radius 1 is 0.692 bits per heavy atom. The molecule has 5 nitrogen and oxygen atoms in total. The summed E-state index contributed by atoms with van der Waals surface area (Å²) >= 11 is 0. The van der Waals surface area contributed by atoms with Crippen LogP contribution in [0.1, 0.15) is 48.9 Å². The van der Waals surface area contributed by atoms with E-state index in [-0.39, 0.29) is 17.9 Å². The Balaban J connectivity index is 1.71. The average molecular weight is 350 g/mol. The van der Waals surface area contributed by atoms with E-state index in [4.69, 9.17) is 0 Å². The second-order valence-electron chi connectivity index (χ2n) is 7.25. The molecule has 0 amide bonds. The summed E-state index contributed by atoms with van der Waals surface area (Å²) in [5, 5.41) is 0. The van der Waals surface area contributed by atoms with E-state index in [1.54, 1.807) is 24.8 Å². The fourth-order valence-electron chi connectivity index (χ4n) is 4.35. The van der Waals surface area contributed by atoms with Crippen LogP contribution in [0.4, 0.5) is 0 Å². The van der Waals surface area contributed by atoms with Crippen molar-refractivity contribution in [1.29, 1.82) is 0 Å². The highest BCUT2D eigenvalue weighted by molar-refractivity contribution is 5.91. The molecule has 26 heavy (non-hydrogen) atoms. The molecule has 2 aromatic rings. The molecule has 2 aromatic heterocycles. The topological polar surface area (TPSA) is 49.3 Å². The van der Waals surface area contributed by atoms with Crippen LogP contribution < -0.4 is 0 Å². The monoisotopic (exact) mass is 350 g/mol. The maximum Gasteiger partial charge on any atom is 0.176 e. The molecular formula is C21H26N4O. The molecule has 0 N–H and O–H groups in total. The Morgan fingerprint density at radius 3 is 1.38 bits per heavy atom. The first kappa shape index (κ1) is 17.3. The van der Waals surface area contributed by atoms with Crippen LogP contribution in [-0.4, -0.2) is 51.7 Å². The van der Waals surface area contributed by atoms with E-state index in [1.807, 2.05) is 24.3 Å². The fourth-order valence-corrected chi connectivity index (χ4v) is 4.35. The minimum atomic E-state index is -0.195. The molecular weight excluding hydrogens is 324 g/mol. The third-order valence-corrected chi connectivity index (χ3v) is 5.59. The highest BCUT2D eigenvalue weighted by Gasteiger charge is 2.38. The minimum absolute atomic E-state index is 0.195. The predicted octanol–water partition coefficient (Wildman–Crippen LogP) is 3.02. The minimum Gasteiger partial charge on any atom is -0.295 e. The summed E-state index contributed by atoms with van der Waals surface area (Å²) in [7, 11) is 0. The molecule has 2 fully saturated rings.